The van der Waals surface area contributed by atoms with Crippen LogP contribution in [0.4, 0.5) is 11.4 Å². The predicted octanol–water partition coefficient (Wildman–Crippen LogP) is 2.07. The number of amides is 1. The van der Waals surface area contributed by atoms with E-state index in [9.17, 15) is 23.1 Å². The Hall–Kier alpha value is -3.13. The molecule has 8 heteroatoms. The van der Waals surface area contributed by atoms with Gasteiger partial charge < -0.3 is 15.2 Å². The van der Waals surface area contributed by atoms with Crippen molar-refractivity contribution < 1.29 is 23.1 Å². The molecule has 2 atom stereocenters. The van der Waals surface area contributed by atoms with Crippen LogP contribution in [0.3, 0.4) is 0 Å². The minimum atomic E-state index is -3.72. The lowest BCUT2D eigenvalue weighted by atomic mass is 9.82. The quantitative estimate of drug-likeness (QED) is 0.704. The molecule has 2 N–H and O–H groups in total. The average molecular weight is 413 g/mol. The van der Waals surface area contributed by atoms with E-state index in [1.807, 2.05) is 6.92 Å². The van der Waals surface area contributed by atoms with Crippen molar-refractivity contribution in [3.63, 3.8) is 0 Å². The summed E-state index contributed by atoms with van der Waals surface area (Å²) in [4.78, 5) is 23.9. The van der Waals surface area contributed by atoms with Gasteiger partial charge in [-0.05, 0) is 56.2 Å². The number of carbonyl (C=O) groups excluding carboxylic acids is 2. The van der Waals surface area contributed by atoms with Gasteiger partial charge in [0, 0.05) is 23.3 Å². The molecule has 29 heavy (non-hydrogen) atoms. The van der Waals surface area contributed by atoms with Gasteiger partial charge >= 0.3 is 0 Å². The van der Waals surface area contributed by atoms with Gasteiger partial charge in [0.1, 0.15) is 0 Å². The second-order valence-electron chi connectivity index (χ2n) is 6.96. The number of allylic oxidation sites excluding steroid dienone is 2. The van der Waals surface area contributed by atoms with Crippen molar-refractivity contribution in [2.24, 2.45) is 11.8 Å². The molecule has 0 spiro atoms. The van der Waals surface area contributed by atoms with Crippen molar-refractivity contribution >= 4 is 33.3 Å². The van der Waals surface area contributed by atoms with Crippen LogP contribution in [0.1, 0.15) is 18.4 Å². The Morgan fingerprint density at radius 2 is 1.45 bits per heavy atom. The van der Waals surface area contributed by atoms with Crippen LogP contribution in [0.25, 0.3) is 0 Å². The van der Waals surface area contributed by atoms with E-state index in [-0.39, 0.29) is 11.3 Å². The maximum Gasteiger partial charge on any atom is 0.261 e. The molecule has 0 saturated heterocycles. The molecule has 2 aromatic carbocycles. The number of anilines is 2. The number of hydrogen-bond donors (Lipinski definition) is 2. The topological polar surface area (TPSA) is 115 Å². The van der Waals surface area contributed by atoms with Gasteiger partial charge in [0.25, 0.3) is 10.0 Å². The van der Waals surface area contributed by atoms with Crippen LogP contribution in [0, 0.1) is 18.8 Å². The lowest BCUT2D eigenvalue weighted by Crippen LogP contribution is -2.41. The van der Waals surface area contributed by atoms with Crippen LogP contribution in [0.5, 0.6) is 0 Å². The van der Waals surface area contributed by atoms with Crippen LogP contribution in [0.15, 0.2) is 65.6 Å². The highest BCUT2D eigenvalue weighted by Crippen LogP contribution is 2.27. The molecule has 0 saturated carbocycles. The van der Waals surface area contributed by atoms with Crippen molar-refractivity contribution in [1.82, 2.24) is 0 Å². The molecule has 0 radical (unpaired) electrons. The standard InChI is InChI=1S/C21H22N2O5S/c1-14-6-12-17(13-7-14)29(27,28)23-16-10-8-15(9-11-16)22-20(24)18-4-2-3-5-19(18)21(25)26/h2-3,6-13,18-19,23H,4-5H2,1H3,(H,22,24)(H,25,26)/p-1/t18-,19-/m0/s1. The SMILES string of the molecule is Cc1ccc(S(=O)(=O)Nc2ccc(NC(=O)[C@H]3CC=CC[C@@H]3C(=O)[O-])cc2)cc1. The minimum Gasteiger partial charge on any atom is -0.550 e. The molecular formula is C21H21N2O5S-. The average Bonchev–Trinajstić information content (AvgIpc) is 2.69. The zero-order valence-electron chi connectivity index (χ0n) is 15.8. The fourth-order valence-corrected chi connectivity index (χ4v) is 4.21. The number of carboxylic acid groups (broad SMARTS) is 1. The summed E-state index contributed by atoms with van der Waals surface area (Å²) in [7, 11) is -3.72. The van der Waals surface area contributed by atoms with E-state index in [2.05, 4.69) is 10.0 Å². The van der Waals surface area contributed by atoms with E-state index < -0.39 is 33.7 Å². The Morgan fingerprint density at radius 3 is 2.03 bits per heavy atom. The Labute approximate surface area is 169 Å². The predicted molar refractivity (Wildman–Crippen MR) is 107 cm³/mol. The molecule has 0 unspecified atom stereocenters. The van der Waals surface area contributed by atoms with Gasteiger partial charge in [0.2, 0.25) is 5.91 Å². The summed E-state index contributed by atoms with van der Waals surface area (Å²) in [5.41, 5.74) is 1.75. The van der Waals surface area contributed by atoms with Crippen molar-refractivity contribution in [3.05, 3.63) is 66.2 Å². The van der Waals surface area contributed by atoms with Gasteiger partial charge in [0.05, 0.1) is 10.8 Å². The highest BCUT2D eigenvalue weighted by molar-refractivity contribution is 7.92. The summed E-state index contributed by atoms with van der Waals surface area (Å²) in [5, 5.41) is 13.9. The summed E-state index contributed by atoms with van der Waals surface area (Å²) >= 11 is 0. The maximum atomic E-state index is 12.5. The maximum absolute atomic E-state index is 12.5. The Kier molecular flexibility index (Phi) is 6.03. The number of hydrogen-bond acceptors (Lipinski definition) is 5. The molecule has 0 aliphatic heterocycles. The molecule has 0 heterocycles. The zero-order valence-corrected chi connectivity index (χ0v) is 16.6. The fourth-order valence-electron chi connectivity index (χ4n) is 3.15. The van der Waals surface area contributed by atoms with Crippen LogP contribution in [0.2, 0.25) is 0 Å². The number of nitrogens with one attached hydrogen (secondary N) is 2. The third-order valence-corrected chi connectivity index (χ3v) is 6.21. The Balaban J connectivity index is 1.67. The first-order chi connectivity index (χ1) is 13.8. The normalized spacial score (nSPS) is 18.8. The van der Waals surface area contributed by atoms with Crippen molar-refractivity contribution in [1.29, 1.82) is 0 Å². The van der Waals surface area contributed by atoms with Gasteiger partial charge in [0.15, 0.2) is 0 Å². The number of sulfonamides is 1. The van der Waals surface area contributed by atoms with E-state index in [1.54, 1.807) is 36.4 Å². The first kappa shape index (κ1) is 20.6. The number of carbonyl (C=O) groups is 2. The van der Waals surface area contributed by atoms with E-state index in [0.717, 1.165) is 5.56 Å². The second kappa shape index (κ2) is 8.48. The Bertz CT molecular complexity index is 1030. The molecule has 0 bridgehead atoms. The lowest BCUT2D eigenvalue weighted by molar-refractivity contribution is -0.313. The van der Waals surface area contributed by atoms with Gasteiger partial charge in [-0.15, -0.1) is 0 Å². The number of carboxylic acids is 1. The number of rotatable bonds is 6. The molecule has 3 rings (SSSR count). The van der Waals surface area contributed by atoms with Crippen LogP contribution in [-0.2, 0) is 19.6 Å². The first-order valence-corrected chi connectivity index (χ1v) is 10.6. The zero-order chi connectivity index (χ0) is 21.0. The van der Waals surface area contributed by atoms with E-state index in [0.29, 0.717) is 17.8 Å². The van der Waals surface area contributed by atoms with E-state index >= 15 is 0 Å². The van der Waals surface area contributed by atoms with E-state index in [4.69, 9.17) is 0 Å². The summed E-state index contributed by atoms with van der Waals surface area (Å²) in [5.74, 6) is -3.21. The number of aryl methyl sites for hydroxylation is 1. The number of aliphatic carboxylic acids is 1. The summed E-state index contributed by atoms with van der Waals surface area (Å²) < 4.78 is 27.4. The third kappa shape index (κ3) is 5.03. The Morgan fingerprint density at radius 1 is 0.897 bits per heavy atom. The van der Waals surface area contributed by atoms with E-state index in [1.165, 1.54) is 24.3 Å². The molecule has 7 nitrogen and oxygen atoms in total. The summed E-state index contributed by atoms with van der Waals surface area (Å²) in [6, 6.07) is 12.6. The fraction of sp³-hybridized carbons (Fsp3) is 0.238. The molecule has 0 fully saturated rings. The summed E-state index contributed by atoms with van der Waals surface area (Å²) in [6.07, 6.45) is 4.12. The first-order valence-electron chi connectivity index (χ1n) is 9.12. The van der Waals surface area contributed by atoms with Gasteiger partial charge in [-0.25, -0.2) is 8.42 Å². The van der Waals surface area contributed by atoms with Gasteiger partial charge in [-0.2, -0.15) is 0 Å². The minimum absolute atomic E-state index is 0.152. The van der Waals surface area contributed by atoms with Crippen molar-refractivity contribution in [3.8, 4) is 0 Å². The molecule has 1 aliphatic rings. The molecular weight excluding hydrogens is 392 g/mol. The van der Waals surface area contributed by atoms with Crippen molar-refractivity contribution in [2.45, 2.75) is 24.7 Å². The molecule has 2 aromatic rings. The van der Waals surface area contributed by atoms with Crippen LogP contribution < -0.4 is 15.1 Å². The molecule has 1 aliphatic carbocycles. The van der Waals surface area contributed by atoms with Crippen molar-refractivity contribution in [2.75, 3.05) is 10.0 Å². The largest absolute Gasteiger partial charge is 0.550 e. The molecule has 0 aromatic heterocycles. The molecule has 152 valence electrons. The highest BCUT2D eigenvalue weighted by Gasteiger charge is 2.29. The number of benzene rings is 2. The van der Waals surface area contributed by atoms with Crippen LogP contribution >= 0.6 is 0 Å². The second-order valence-corrected chi connectivity index (χ2v) is 8.64. The van der Waals surface area contributed by atoms with Crippen LogP contribution in [-0.4, -0.2) is 20.3 Å². The smallest absolute Gasteiger partial charge is 0.261 e. The summed E-state index contributed by atoms with van der Waals surface area (Å²) in [6.45, 7) is 1.87. The molecule has 1 amide bonds. The monoisotopic (exact) mass is 413 g/mol. The lowest BCUT2D eigenvalue weighted by Gasteiger charge is -2.28. The highest BCUT2D eigenvalue weighted by atomic mass is 32.2. The van der Waals surface area contributed by atoms with Gasteiger partial charge in [-0.3, -0.25) is 9.52 Å². The van der Waals surface area contributed by atoms with Gasteiger partial charge in [-0.1, -0.05) is 29.8 Å². The third-order valence-electron chi connectivity index (χ3n) is 4.81.